The summed E-state index contributed by atoms with van der Waals surface area (Å²) < 4.78 is 12.9. The fraction of sp³-hybridized carbons (Fsp3) is 0.154. The first kappa shape index (κ1) is 20.9. The molecule has 5 heteroatoms. The van der Waals surface area contributed by atoms with Crippen molar-refractivity contribution in [1.29, 1.82) is 0 Å². The van der Waals surface area contributed by atoms with Crippen molar-refractivity contribution in [3.8, 4) is 11.3 Å². The lowest BCUT2D eigenvalue weighted by molar-refractivity contribution is 0.0934. The summed E-state index contributed by atoms with van der Waals surface area (Å²) in [7, 11) is -1.41. The lowest BCUT2D eigenvalue weighted by Gasteiger charge is -2.20. The molecule has 4 nitrogen and oxygen atoms in total. The molecule has 0 fully saturated rings. The van der Waals surface area contributed by atoms with Crippen LogP contribution in [0.25, 0.3) is 22.2 Å². The van der Waals surface area contributed by atoms with E-state index < -0.39 is 10.8 Å². The van der Waals surface area contributed by atoms with Gasteiger partial charge in [-0.1, -0.05) is 85.8 Å². The molecule has 0 spiro atoms. The van der Waals surface area contributed by atoms with E-state index in [0.717, 1.165) is 17.5 Å². The Morgan fingerprint density at radius 3 is 2.19 bits per heavy atom. The molecule has 0 aliphatic carbocycles. The van der Waals surface area contributed by atoms with Gasteiger partial charge in [0, 0.05) is 17.2 Å². The largest absolute Gasteiger partial charge is 0.345 e. The number of nitrogens with zero attached hydrogens (tertiary/aromatic N) is 1. The predicted octanol–water partition coefficient (Wildman–Crippen LogP) is 5.52. The van der Waals surface area contributed by atoms with Crippen LogP contribution in [-0.2, 0) is 10.8 Å². The average molecular weight is 429 g/mol. The number of hydrogen-bond donors (Lipinski definition) is 1. The van der Waals surface area contributed by atoms with E-state index in [0.29, 0.717) is 27.1 Å². The second-order valence-corrected chi connectivity index (χ2v) is 8.66. The number of pyridine rings is 1. The second-order valence-electron chi connectivity index (χ2n) is 7.35. The monoisotopic (exact) mass is 428 g/mol. The third kappa shape index (κ3) is 4.28. The number of carbonyl (C=O) groups is 1. The highest BCUT2D eigenvalue weighted by Gasteiger charge is 2.25. The summed E-state index contributed by atoms with van der Waals surface area (Å²) in [4.78, 5) is 18.9. The van der Waals surface area contributed by atoms with Crippen molar-refractivity contribution in [2.45, 2.75) is 24.3 Å². The number of aromatic nitrogens is 1. The Labute approximate surface area is 184 Å². The van der Waals surface area contributed by atoms with Gasteiger partial charge in [0.2, 0.25) is 0 Å². The molecule has 31 heavy (non-hydrogen) atoms. The van der Waals surface area contributed by atoms with E-state index in [9.17, 15) is 9.00 Å². The van der Waals surface area contributed by atoms with Crippen LogP contribution in [-0.4, -0.2) is 21.4 Å². The van der Waals surface area contributed by atoms with Crippen LogP contribution in [0.3, 0.4) is 0 Å². The molecule has 4 aromatic rings. The SMILES string of the molecule is CC[C@H](NC(=O)c1c([S@](C)=O)c(-c2ccccc2)nc2ccccc12)c1ccccc1. The van der Waals surface area contributed by atoms with Crippen LogP contribution < -0.4 is 5.32 Å². The summed E-state index contributed by atoms with van der Waals surface area (Å²) in [6.45, 7) is 2.04. The summed E-state index contributed by atoms with van der Waals surface area (Å²) in [5.41, 5.74) is 3.59. The van der Waals surface area contributed by atoms with Gasteiger partial charge in [0.25, 0.3) is 5.91 Å². The van der Waals surface area contributed by atoms with Gasteiger partial charge in [-0.05, 0) is 18.1 Å². The van der Waals surface area contributed by atoms with Crippen molar-refractivity contribution >= 4 is 27.6 Å². The van der Waals surface area contributed by atoms with E-state index in [-0.39, 0.29) is 11.9 Å². The maximum atomic E-state index is 13.6. The lowest BCUT2D eigenvalue weighted by Crippen LogP contribution is -2.29. The van der Waals surface area contributed by atoms with Gasteiger partial charge in [0.1, 0.15) is 0 Å². The third-order valence-corrected chi connectivity index (χ3v) is 6.30. The molecule has 0 saturated carbocycles. The number of benzene rings is 3. The number of nitrogens with one attached hydrogen (secondary N) is 1. The number of rotatable bonds is 6. The van der Waals surface area contributed by atoms with Gasteiger partial charge in [-0.15, -0.1) is 0 Å². The van der Waals surface area contributed by atoms with Gasteiger partial charge in [-0.2, -0.15) is 0 Å². The molecule has 4 rings (SSSR count). The molecule has 0 bridgehead atoms. The van der Waals surface area contributed by atoms with Crippen molar-refractivity contribution in [3.63, 3.8) is 0 Å². The standard InChI is InChI=1S/C26H24N2O2S/c1-3-21(18-12-6-4-7-13-18)28-26(29)23-20-16-10-11-17-22(20)27-24(25(23)31(2)30)19-14-8-5-9-15-19/h4-17,21H,3H2,1-2H3,(H,28,29)/t21-,31-/m0/s1. The average Bonchev–Trinajstić information content (AvgIpc) is 2.82. The number of amides is 1. The fourth-order valence-electron chi connectivity index (χ4n) is 3.83. The van der Waals surface area contributed by atoms with Gasteiger partial charge in [-0.3, -0.25) is 9.00 Å². The van der Waals surface area contributed by atoms with Crippen molar-refractivity contribution in [1.82, 2.24) is 10.3 Å². The smallest absolute Gasteiger partial charge is 0.253 e. The van der Waals surface area contributed by atoms with Crippen LogP contribution in [0.1, 0.15) is 35.3 Å². The Hall–Kier alpha value is -3.31. The highest BCUT2D eigenvalue weighted by Crippen LogP contribution is 2.33. The summed E-state index contributed by atoms with van der Waals surface area (Å²) in [6.07, 6.45) is 2.35. The maximum Gasteiger partial charge on any atom is 0.253 e. The molecular weight excluding hydrogens is 404 g/mol. The van der Waals surface area contributed by atoms with Crippen LogP contribution in [0.5, 0.6) is 0 Å². The number of hydrogen-bond acceptors (Lipinski definition) is 3. The molecular formula is C26H24N2O2S. The summed E-state index contributed by atoms with van der Waals surface area (Å²) in [5, 5.41) is 3.87. The molecule has 2 atom stereocenters. The van der Waals surface area contributed by atoms with E-state index >= 15 is 0 Å². The van der Waals surface area contributed by atoms with Gasteiger partial charge < -0.3 is 5.32 Å². The normalized spacial score (nSPS) is 13.0. The molecule has 1 heterocycles. The molecule has 1 aromatic heterocycles. The number of para-hydroxylation sites is 1. The van der Waals surface area contributed by atoms with E-state index in [1.165, 1.54) is 0 Å². The van der Waals surface area contributed by atoms with E-state index in [1.54, 1.807) is 6.26 Å². The molecule has 0 aliphatic rings. The molecule has 1 N–H and O–H groups in total. The van der Waals surface area contributed by atoms with Crippen molar-refractivity contribution < 1.29 is 9.00 Å². The first-order valence-electron chi connectivity index (χ1n) is 10.3. The Morgan fingerprint density at radius 1 is 0.935 bits per heavy atom. The molecule has 0 saturated heterocycles. The van der Waals surface area contributed by atoms with E-state index in [2.05, 4.69) is 5.32 Å². The molecule has 1 amide bonds. The highest BCUT2D eigenvalue weighted by molar-refractivity contribution is 7.84. The van der Waals surface area contributed by atoms with Crippen LogP contribution >= 0.6 is 0 Å². The zero-order valence-electron chi connectivity index (χ0n) is 17.5. The summed E-state index contributed by atoms with van der Waals surface area (Å²) in [6, 6.07) is 26.9. The Balaban J connectivity index is 1.90. The van der Waals surface area contributed by atoms with Gasteiger partial charge in [0.05, 0.1) is 38.5 Å². The third-order valence-electron chi connectivity index (χ3n) is 5.33. The van der Waals surface area contributed by atoms with Gasteiger partial charge >= 0.3 is 0 Å². The minimum absolute atomic E-state index is 0.140. The van der Waals surface area contributed by atoms with Crippen LogP contribution in [0.2, 0.25) is 0 Å². The van der Waals surface area contributed by atoms with Crippen molar-refractivity contribution in [3.05, 3.63) is 96.1 Å². The minimum Gasteiger partial charge on any atom is -0.345 e. The number of fused-ring (bicyclic) bond motifs is 1. The van der Waals surface area contributed by atoms with Gasteiger partial charge in [-0.25, -0.2) is 4.98 Å². The topological polar surface area (TPSA) is 59.1 Å². The fourth-order valence-corrected chi connectivity index (χ4v) is 4.75. The van der Waals surface area contributed by atoms with Crippen molar-refractivity contribution in [2.24, 2.45) is 0 Å². The molecule has 156 valence electrons. The summed E-state index contributed by atoms with van der Waals surface area (Å²) >= 11 is 0. The van der Waals surface area contributed by atoms with Crippen LogP contribution in [0, 0.1) is 0 Å². The quantitative estimate of drug-likeness (QED) is 0.440. The van der Waals surface area contributed by atoms with Crippen molar-refractivity contribution in [2.75, 3.05) is 6.26 Å². The Bertz CT molecular complexity index is 1240. The van der Waals surface area contributed by atoms with E-state index in [1.807, 2.05) is 91.9 Å². The Kier molecular flexibility index (Phi) is 6.23. The first-order chi connectivity index (χ1) is 15.1. The predicted molar refractivity (Wildman–Crippen MR) is 126 cm³/mol. The molecule has 3 aromatic carbocycles. The van der Waals surface area contributed by atoms with Crippen LogP contribution in [0.4, 0.5) is 0 Å². The molecule has 0 radical (unpaired) electrons. The zero-order chi connectivity index (χ0) is 21.8. The molecule has 0 unspecified atom stereocenters. The van der Waals surface area contributed by atoms with Crippen LogP contribution in [0.15, 0.2) is 89.8 Å². The minimum atomic E-state index is -1.41. The zero-order valence-corrected chi connectivity index (χ0v) is 18.4. The van der Waals surface area contributed by atoms with Gasteiger partial charge in [0.15, 0.2) is 0 Å². The first-order valence-corrected chi connectivity index (χ1v) is 11.8. The maximum absolute atomic E-state index is 13.6. The highest BCUT2D eigenvalue weighted by atomic mass is 32.2. The van der Waals surface area contributed by atoms with E-state index in [4.69, 9.17) is 4.98 Å². The summed E-state index contributed by atoms with van der Waals surface area (Å²) in [5.74, 6) is -0.239. The molecule has 0 aliphatic heterocycles. The Morgan fingerprint density at radius 2 is 1.55 bits per heavy atom. The lowest BCUT2D eigenvalue weighted by atomic mass is 10.0. The number of carbonyl (C=O) groups excluding carboxylic acids is 1. The second kappa shape index (κ2) is 9.23.